The van der Waals surface area contributed by atoms with Gasteiger partial charge in [-0.3, -0.25) is 4.79 Å². The number of carbonyl (C=O) groups is 1. The summed E-state index contributed by atoms with van der Waals surface area (Å²) in [5, 5.41) is -0.519. The molecule has 0 fully saturated rings. The largest absolute Gasteiger partial charge is 0.497 e. The van der Waals surface area contributed by atoms with Crippen molar-refractivity contribution < 1.29 is 17.9 Å². The average molecular weight is 465 g/mol. The molecule has 0 bridgehead atoms. The minimum atomic E-state index is -3.38. The topological polar surface area (TPSA) is 77.7 Å². The third-order valence-electron chi connectivity index (χ3n) is 4.66. The number of carbonyl (C=O) groups excluding carboxylic acids is 1. The number of hydrogen-bond acceptors (Lipinski definition) is 6. The molecular weight excluding hydrogens is 440 g/mol. The lowest BCUT2D eigenvalue weighted by atomic mass is 10.2. The van der Waals surface area contributed by atoms with Crippen LogP contribution in [0.3, 0.4) is 0 Å². The Morgan fingerprint density at radius 2 is 1.90 bits per heavy atom. The molecule has 1 heterocycles. The van der Waals surface area contributed by atoms with Crippen molar-refractivity contribution >= 4 is 49.1 Å². The van der Waals surface area contributed by atoms with E-state index >= 15 is 0 Å². The summed E-state index contributed by atoms with van der Waals surface area (Å²) in [6, 6.07) is 11.8. The van der Waals surface area contributed by atoms with Gasteiger partial charge in [0.25, 0.3) is 5.91 Å². The molecule has 0 aliphatic rings. The fourth-order valence-corrected chi connectivity index (χ4v) is 5.33. The number of aromatic nitrogens is 1. The Morgan fingerprint density at radius 3 is 2.50 bits per heavy atom. The van der Waals surface area contributed by atoms with Gasteiger partial charge in [0.05, 0.1) is 27.5 Å². The first-order chi connectivity index (χ1) is 14.3. The molecule has 160 valence electrons. The predicted octanol–water partition coefficient (Wildman–Crippen LogP) is 4.00. The summed E-state index contributed by atoms with van der Waals surface area (Å²) in [7, 11) is -1.75. The van der Waals surface area contributed by atoms with Crippen LogP contribution in [0.1, 0.15) is 24.2 Å². The Balaban J connectivity index is 2.02. The van der Waals surface area contributed by atoms with E-state index in [-0.39, 0.29) is 4.90 Å². The second kappa shape index (κ2) is 9.36. The van der Waals surface area contributed by atoms with Crippen molar-refractivity contribution in [2.45, 2.75) is 30.5 Å². The number of nitrogens with zero attached hydrogens (tertiary/aromatic N) is 2. The molecule has 30 heavy (non-hydrogen) atoms. The number of thiazole rings is 1. The Bertz CT molecular complexity index is 1220. The molecule has 3 rings (SSSR count). The van der Waals surface area contributed by atoms with Crippen molar-refractivity contribution in [1.29, 1.82) is 0 Å². The first-order valence-corrected chi connectivity index (χ1v) is 13.1. The summed E-state index contributed by atoms with van der Waals surface area (Å²) in [4.78, 5) is 17.9. The van der Waals surface area contributed by atoms with Gasteiger partial charge in [0, 0.05) is 23.9 Å². The lowest BCUT2D eigenvalue weighted by Crippen LogP contribution is -2.18. The molecule has 6 nitrogen and oxygen atoms in total. The van der Waals surface area contributed by atoms with Gasteiger partial charge in [-0.05, 0) is 56.5 Å². The van der Waals surface area contributed by atoms with E-state index in [0.717, 1.165) is 21.7 Å². The minimum Gasteiger partial charge on any atom is -0.497 e. The Kier molecular flexibility index (Phi) is 7.05. The fourth-order valence-electron chi connectivity index (χ4n) is 2.87. The summed E-state index contributed by atoms with van der Waals surface area (Å²) >= 11 is 3.16. The highest BCUT2D eigenvalue weighted by Gasteiger charge is 2.19. The SMILES string of the molecule is COc1ccc2sc(=NC(=O)c3ccc(S(=O)(=O)C(C)C)cc3)n(CCSC)c2c1. The van der Waals surface area contributed by atoms with Crippen molar-refractivity contribution in [3.8, 4) is 5.75 Å². The Labute approximate surface area is 184 Å². The first-order valence-electron chi connectivity index (χ1n) is 9.37. The molecule has 0 aliphatic carbocycles. The van der Waals surface area contributed by atoms with E-state index in [1.165, 1.54) is 35.6 Å². The van der Waals surface area contributed by atoms with Crippen LogP contribution in [0.15, 0.2) is 52.4 Å². The molecule has 0 radical (unpaired) electrons. The smallest absolute Gasteiger partial charge is 0.279 e. The van der Waals surface area contributed by atoms with Gasteiger partial charge in [-0.15, -0.1) is 0 Å². The predicted molar refractivity (Wildman–Crippen MR) is 123 cm³/mol. The van der Waals surface area contributed by atoms with E-state index in [9.17, 15) is 13.2 Å². The van der Waals surface area contributed by atoms with Crippen molar-refractivity contribution in [2.75, 3.05) is 19.1 Å². The number of amides is 1. The van der Waals surface area contributed by atoms with E-state index in [2.05, 4.69) is 4.99 Å². The van der Waals surface area contributed by atoms with Gasteiger partial charge in [-0.2, -0.15) is 16.8 Å². The zero-order chi connectivity index (χ0) is 21.9. The average Bonchev–Trinajstić information content (AvgIpc) is 3.07. The number of thioether (sulfide) groups is 1. The van der Waals surface area contributed by atoms with Crippen LogP contribution in [0.25, 0.3) is 10.2 Å². The zero-order valence-corrected chi connectivity index (χ0v) is 19.7. The lowest BCUT2D eigenvalue weighted by Gasteiger charge is -2.07. The molecule has 0 spiro atoms. The lowest BCUT2D eigenvalue weighted by molar-refractivity contribution is 0.0997. The highest BCUT2D eigenvalue weighted by atomic mass is 32.2. The second-order valence-electron chi connectivity index (χ2n) is 6.90. The monoisotopic (exact) mass is 464 g/mol. The molecule has 0 saturated carbocycles. The fraction of sp³-hybridized carbons (Fsp3) is 0.333. The van der Waals surface area contributed by atoms with E-state index in [0.29, 0.717) is 16.9 Å². The quantitative estimate of drug-likeness (QED) is 0.528. The number of fused-ring (bicyclic) bond motifs is 1. The molecule has 0 aliphatic heterocycles. The summed E-state index contributed by atoms with van der Waals surface area (Å²) < 4.78 is 32.9. The molecule has 9 heteroatoms. The number of methoxy groups -OCH3 is 1. The van der Waals surface area contributed by atoms with E-state index in [1.807, 2.05) is 29.0 Å². The zero-order valence-electron chi connectivity index (χ0n) is 17.3. The number of ether oxygens (including phenoxy) is 1. The van der Waals surface area contributed by atoms with Crippen LogP contribution in [0, 0.1) is 0 Å². The number of aryl methyl sites for hydroxylation is 1. The maximum atomic E-state index is 12.8. The van der Waals surface area contributed by atoms with E-state index in [1.54, 1.807) is 32.7 Å². The van der Waals surface area contributed by atoms with Crippen molar-refractivity contribution in [1.82, 2.24) is 4.57 Å². The van der Waals surface area contributed by atoms with Crippen LogP contribution in [-0.4, -0.2) is 43.3 Å². The van der Waals surface area contributed by atoms with Gasteiger partial charge >= 0.3 is 0 Å². The van der Waals surface area contributed by atoms with Gasteiger partial charge in [0.2, 0.25) is 0 Å². The molecule has 2 aromatic carbocycles. The van der Waals surface area contributed by atoms with Gasteiger partial charge < -0.3 is 9.30 Å². The summed E-state index contributed by atoms with van der Waals surface area (Å²) in [5.74, 6) is 1.23. The van der Waals surface area contributed by atoms with Crippen LogP contribution in [0.4, 0.5) is 0 Å². The van der Waals surface area contributed by atoms with Crippen LogP contribution in [-0.2, 0) is 16.4 Å². The first kappa shape index (κ1) is 22.6. The molecular formula is C21H24N2O4S3. The number of benzene rings is 2. The van der Waals surface area contributed by atoms with Crippen LogP contribution in [0.5, 0.6) is 5.75 Å². The van der Waals surface area contributed by atoms with E-state index < -0.39 is 21.0 Å². The minimum absolute atomic E-state index is 0.207. The van der Waals surface area contributed by atoms with Crippen LogP contribution < -0.4 is 9.54 Å². The van der Waals surface area contributed by atoms with E-state index in [4.69, 9.17) is 4.74 Å². The molecule has 3 aromatic rings. The third kappa shape index (κ3) is 4.63. The Morgan fingerprint density at radius 1 is 1.20 bits per heavy atom. The number of hydrogen-bond donors (Lipinski definition) is 0. The summed E-state index contributed by atoms with van der Waals surface area (Å²) in [5.41, 5.74) is 1.32. The van der Waals surface area contributed by atoms with Crippen LogP contribution >= 0.6 is 23.1 Å². The van der Waals surface area contributed by atoms with Crippen molar-refractivity contribution in [2.24, 2.45) is 4.99 Å². The second-order valence-corrected chi connectivity index (χ2v) is 11.4. The molecule has 0 atom stereocenters. The normalized spacial score (nSPS) is 12.6. The third-order valence-corrected chi connectivity index (χ3v) is 8.48. The van der Waals surface area contributed by atoms with Gasteiger partial charge in [0.1, 0.15) is 5.75 Å². The van der Waals surface area contributed by atoms with Crippen molar-refractivity contribution in [3.63, 3.8) is 0 Å². The standard InChI is InChI=1S/C21H24N2O4S3/c1-14(2)30(25,26)17-8-5-15(6-9-17)20(24)22-21-23(11-12-28-4)18-13-16(27-3)7-10-19(18)29-21/h5-10,13-14H,11-12H2,1-4H3. The highest BCUT2D eigenvalue weighted by molar-refractivity contribution is 7.98. The molecule has 1 amide bonds. The maximum Gasteiger partial charge on any atom is 0.279 e. The number of sulfone groups is 1. The highest BCUT2D eigenvalue weighted by Crippen LogP contribution is 2.23. The summed E-state index contributed by atoms with van der Waals surface area (Å²) in [6.07, 6.45) is 2.03. The molecule has 0 N–H and O–H groups in total. The van der Waals surface area contributed by atoms with Crippen LogP contribution in [0.2, 0.25) is 0 Å². The molecule has 1 aromatic heterocycles. The molecule has 0 unspecified atom stereocenters. The van der Waals surface area contributed by atoms with Gasteiger partial charge in [-0.1, -0.05) is 11.3 Å². The van der Waals surface area contributed by atoms with Gasteiger partial charge in [-0.25, -0.2) is 8.42 Å². The number of rotatable bonds is 7. The van der Waals surface area contributed by atoms with Crippen molar-refractivity contribution in [3.05, 3.63) is 52.8 Å². The molecule has 0 saturated heterocycles. The Hall–Kier alpha value is -2.10. The maximum absolute atomic E-state index is 12.8. The van der Waals surface area contributed by atoms with Gasteiger partial charge in [0.15, 0.2) is 14.6 Å². The summed E-state index contributed by atoms with van der Waals surface area (Å²) in [6.45, 7) is 3.98.